The molecule has 0 aromatic heterocycles. The van der Waals surface area contributed by atoms with E-state index in [0.29, 0.717) is 11.6 Å². The van der Waals surface area contributed by atoms with E-state index >= 15 is 0 Å². The first-order valence-electron chi connectivity index (χ1n) is 5.89. The van der Waals surface area contributed by atoms with Crippen LogP contribution in [0.3, 0.4) is 0 Å². The molecular formula is C12H25NO2S. The Morgan fingerprint density at radius 2 is 2.06 bits per heavy atom. The Morgan fingerprint density at radius 1 is 1.44 bits per heavy atom. The Balaban J connectivity index is 3.56. The summed E-state index contributed by atoms with van der Waals surface area (Å²) in [5.41, 5.74) is 5.58. The molecule has 0 saturated carbocycles. The number of hydrogen-bond acceptors (Lipinski definition) is 3. The fraction of sp³-hybridized carbons (Fsp3) is 0.917. The van der Waals surface area contributed by atoms with Crippen LogP contribution in [0.15, 0.2) is 0 Å². The first-order valence-corrected chi connectivity index (χ1v) is 6.30. The maximum absolute atomic E-state index is 5.65. The van der Waals surface area contributed by atoms with E-state index in [0.717, 1.165) is 26.1 Å². The summed E-state index contributed by atoms with van der Waals surface area (Å²) in [6, 6.07) is 0. The highest BCUT2D eigenvalue weighted by Crippen LogP contribution is 2.22. The predicted molar refractivity (Wildman–Crippen MR) is 71.7 cm³/mol. The lowest BCUT2D eigenvalue weighted by Crippen LogP contribution is -2.30. The lowest BCUT2D eigenvalue weighted by atomic mass is 9.88. The molecule has 0 aromatic carbocycles. The molecule has 0 aliphatic rings. The van der Waals surface area contributed by atoms with E-state index in [1.165, 1.54) is 0 Å². The average Bonchev–Trinajstić information content (AvgIpc) is 2.21. The Labute approximate surface area is 105 Å². The van der Waals surface area contributed by atoms with Crippen LogP contribution in [-0.2, 0) is 9.47 Å². The van der Waals surface area contributed by atoms with Gasteiger partial charge < -0.3 is 15.2 Å². The van der Waals surface area contributed by atoms with Gasteiger partial charge in [0.2, 0.25) is 0 Å². The van der Waals surface area contributed by atoms with Gasteiger partial charge in [-0.3, -0.25) is 0 Å². The summed E-state index contributed by atoms with van der Waals surface area (Å²) in [6.07, 6.45) is 2.10. The standard InChI is InChI=1S/C12H25NO2S/c1-5-14-9-10(2)15-8-6-7-12(3,4)11(13)16/h10H,5-9H2,1-4H3,(H2,13,16). The largest absolute Gasteiger partial charge is 0.393 e. The Morgan fingerprint density at radius 3 is 2.56 bits per heavy atom. The maximum Gasteiger partial charge on any atom is 0.0784 e. The lowest BCUT2D eigenvalue weighted by Gasteiger charge is -2.23. The quantitative estimate of drug-likeness (QED) is 0.502. The van der Waals surface area contributed by atoms with Crippen LogP contribution in [0.2, 0.25) is 0 Å². The molecule has 0 spiro atoms. The molecule has 0 aliphatic heterocycles. The van der Waals surface area contributed by atoms with E-state index in [1.54, 1.807) is 0 Å². The van der Waals surface area contributed by atoms with E-state index in [9.17, 15) is 0 Å². The van der Waals surface area contributed by atoms with Gasteiger partial charge in [-0.2, -0.15) is 0 Å². The topological polar surface area (TPSA) is 44.5 Å². The van der Waals surface area contributed by atoms with Gasteiger partial charge in [0.15, 0.2) is 0 Å². The molecule has 16 heavy (non-hydrogen) atoms. The molecule has 0 aliphatic carbocycles. The van der Waals surface area contributed by atoms with Crippen LogP contribution in [0.5, 0.6) is 0 Å². The second-order valence-electron chi connectivity index (χ2n) is 4.69. The van der Waals surface area contributed by atoms with Crippen molar-refractivity contribution in [2.45, 2.75) is 46.6 Å². The van der Waals surface area contributed by atoms with E-state index < -0.39 is 0 Å². The molecule has 2 N–H and O–H groups in total. The average molecular weight is 247 g/mol. The monoisotopic (exact) mass is 247 g/mol. The molecular weight excluding hydrogens is 222 g/mol. The molecule has 0 fully saturated rings. The van der Waals surface area contributed by atoms with Gasteiger partial charge in [-0.15, -0.1) is 0 Å². The number of thiocarbonyl (C=S) groups is 1. The normalized spacial score (nSPS) is 13.8. The highest BCUT2D eigenvalue weighted by atomic mass is 32.1. The minimum atomic E-state index is -0.0676. The smallest absolute Gasteiger partial charge is 0.0784 e. The van der Waals surface area contributed by atoms with Crippen molar-refractivity contribution in [2.24, 2.45) is 11.1 Å². The molecule has 0 aromatic rings. The summed E-state index contributed by atoms with van der Waals surface area (Å²) in [7, 11) is 0. The molecule has 0 rings (SSSR count). The molecule has 4 heteroatoms. The van der Waals surface area contributed by atoms with Crippen molar-refractivity contribution in [1.82, 2.24) is 0 Å². The predicted octanol–water partition coefficient (Wildman–Crippen LogP) is 2.52. The number of nitrogens with two attached hydrogens (primary N) is 1. The zero-order chi connectivity index (χ0) is 12.6. The van der Waals surface area contributed by atoms with Gasteiger partial charge in [-0.05, 0) is 26.7 Å². The Hall–Kier alpha value is -0.190. The second kappa shape index (κ2) is 7.98. The third-order valence-corrected chi connectivity index (χ3v) is 3.12. The van der Waals surface area contributed by atoms with E-state index in [4.69, 9.17) is 27.4 Å². The van der Waals surface area contributed by atoms with E-state index in [1.807, 2.05) is 13.8 Å². The van der Waals surface area contributed by atoms with Crippen molar-refractivity contribution in [2.75, 3.05) is 19.8 Å². The van der Waals surface area contributed by atoms with Gasteiger partial charge in [-0.25, -0.2) is 0 Å². The summed E-state index contributed by atoms with van der Waals surface area (Å²) in [4.78, 5) is 0.579. The van der Waals surface area contributed by atoms with Crippen molar-refractivity contribution in [1.29, 1.82) is 0 Å². The Bertz CT molecular complexity index is 207. The van der Waals surface area contributed by atoms with Gasteiger partial charge in [0.05, 0.1) is 17.7 Å². The molecule has 0 radical (unpaired) electrons. The molecule has 96 valence electrons. The fourth-order valence-electron chi connectivity index (χ4n) is 1.25. The Kier molecular flexibility index (Phi) is 7.89. The second-order valence-corrected chi connectivity index (χ2v) is 5.13. The van der Waals surface area contributed by atoms with E-state index in [-0.39, 0.29) is 11.5 Å². The molecule has 1 unspecified atom stereocenters. The van der Waals surface area contributed by atoms with Crippen LogP contribution in [0.25, 0.3) is 0 Å². The van der Waals surface area contributed by atoms with Crippen LogP contribution < -0.4 is 5.73 Å². The molecule has 0 saturated heterocycles. The first kappa shape index (κ1) is 15.8. The van der Waals surface area contributed by atoms with Crippen LogP contribution >= 0.6 is 12.2 Å². The highest BCUT2D eigenvalue weighted by Gasteiger charge is 2.20. The number of hydrogen-bond donors (Lipinski definition) is 1. The van der Waals surface area contributed by atoms with Gasteiger partial charge in [-0.1, -0.05) is 26.1 Å². The molecule has 0 bridgehead atoms. The zero-order valence-corrected chi connectivity index (χ0v) is 11.7. The van der Waals surface area contributed by atoms with Crippen LogP contribution in [-0.4, -0.2) is 30.9 Å². The highest BCUT2D eigenvalue weighted by molar-refractivity contribution is 7.80. The van der Waals surface area contributed by atoms with Gasteiger partial charge in [0.25, 0.3) is 0 Å². The van der Waals surface area contributed by atoms with E-state index in [2.05, 4.69) is 13.8 Å². The van der Waals surface area contributed by atoms with Gasteiger partial charge in [0, 0.05) is 18.6 Å². The van der Waals surface area contributed by atoms with Crippen molar-refractivity contribution in [3.8, 4) is 0 Å². The van der Waals surface area contributed by atoms with Gasteiger partial charge >= 0.3 is 0 Å². The first-order chi connectivity index (χ1) is 7.40. The minimum absolute atomic E-state index is 0.0676. The molecule has 3 nitrogen and oxygen atoms in total. The zero-order valence-electron chi connectivity index (χ0n) is 10.9. The SMILES string of the molecule is CCOCC(C)OCCCC(C)(C)C(N)=S. The minimum Gasteiger partial charge on any atom is -0.393 e. The number of rotatable bonds is 9. The molecule has 0 heterocycles. The van der Waals surface area contributed by atoms with Crippen molar-refractivity contribution in [3.63, 3.8) is 0 Å². The van der Waals surface area contributed by atoms with Crippen molar-refractivity contribution >= 4 is 17.2 Å². The van der Waals surface area contributed by atoms with Crippen LogP contribution in [0.1, 0.15) is 40.5 Å². The summed E-state index contributed by atoms with van der Waals surface area (Å²) in [5, 5.41) is 0. The lowest BCUT2D eigenvalue weighted by molar-refractivity contribution is -0.00563. The van der Waals surface area contributed by atoms with Crippen LogP contribution in [0, 0.1) is 5.41 Å². The molecule has 0 amide bonds. The number of ether oxygens (including phenoxy) is 2. The fourth-order valence-corrected chi connectivity index (χ4v) is 1.36. The van der Waals surface area contributed by atoms with Crippen molar-refractivity contribution < 1.29 is 9.47 Å². The maximum atomic E-state index is 5.65. The summed E-state index contributed by atoms with van der Waals surface area (Å²) in [5.74, 6) is 0. The third kappa shape index (κ3) is 7.14. The van der Waals surface area contributed by atoms with Gasteiger partial charge in [0.1, 0.15) is 0 Å². The summed E-state index contributed by atoms with van der Waals surface area (Å²) >= 11 is 5.01. The van der Waals surface area contributed by atoms with Crippen molar-refractivity contribution in [3.05, 3.63) is 0 Å². The third-order valence-electron chi connectivity index (χ3n) is 2.57. The summed E-state index contributed by atoms with van der Waals surface area (Å²) < 4.78 is 10.9. The van der Waals surface area contributed by atoms with Crippen LogP contribution in [0.4, 0.5) is 0 Å². The molecule has 1 atom stereocenters. The summed E-state index contributed by atoms with van der Waals surface area (Å²) in [6.45, 7) is 10.3.